The Balaban J connectivity index is 1.22. The van der Waals surface area contributed by atoms with Gasteiger partial charge in [0.05, 0.1) is 5.92 Å². The molecule has 0 atom stereocenters. The fraction of sp³-hybridized carbons (Fsp3) is 0.533. The first-order valence-corrected chi connectivity index (χ1v) is 13.2. The van der Waals surface area contributed by atoms with Gasteiger partial charge in [0, 0.05) is 12.1 Å². The van der Waals surface area contributed by atoms with Crippen molar-refractivity contribution in [1.82, 2.24) is 0 Å². The Bertz CT molecular complexity index is 993. The molecule has 2 aromatic carbocycles. The summed E-state index contributed by atoms with van der Waals surface area (Å²) in [5.74, 6) is -5.14. The summed E-state index contributed by atoms with van der Waals surface area (Å²) in [5.41, 5.74) is 2.83. The lowest BCUT2D eigenvalue weighted by Crippen LogP contribution is -2.37. The van der Waals surface area contributed by atoms with Crippen molar-refractivity contribution in [1.29, 1.82) is 0 Å². The maximum atomic E-state index is 14.6. The van der Waals surface area contributed by atoms with E-state index in [1.807, 2.05) is 0 Å². The molecular formula is C30H35F5O. The van der Waals surface area contributed by atoms with Crippen molar-refractivity contribution in [3.05, 3.63) is 77.1 Å². The summed E-state index contributed by atoms with van der Waals surface area (Å²) in [6.07, 6.45) is 9.57. The molecule has 36 heavy (non-hydrogen) atoms. The molecule has 6 heteroatoms. The summed E-state index contributed by atoms with van der Waals surface area (Å²) in [4.78, 5) is 0. The first-order chi connectivity index (χ1) is 17.2. The van der Waals surface area contributed by atoms with Crippen LogP contribution in [0.3, 0.4) is 0 Å². The molecule has 0 heterocycles. The molecule has 0 unspecified atom stereocenters. The van der Waals surface area contributed by atoms with Crippen molar-refractivity contribution in [2.45, 2.75) is 83.2 Å². The van der Waals surface area contributed by atoms with Crippen LogP contribution in [0, 0.1) is 35.2 Å². The second-order valence-electron chi connectivity index (χ2n) is 10.5. The molecule has 196 valence electrons. The van der Waals surface area contributed by atoms with Gasteiger partial charge in [-0.05, 0) is 86.7 Å². The van der Waals surface area contributed by atoms with Gasteiger partial charge in [-0.2, -0.15) is 8.78 Å². The molecular weight excluding hydrogens is 471 g/mol. The number of rotatable bonds is 8. The van der Waals surface area contributed by atoms with Gasteiger partial charge in [-0.25, -0.2) is 13.2 Å². The number of hydrogen-bond acceptors (Lipinski definition) is 1. The molecule has 0 aliphatic heterocycles. The Morgan fingerprint density at radius 2 is 1.33 bits per heavy atom. The predicted octanol–water partition coefficient (Wildman–Crippen LogP) is 9.36. The van der Waals surface area contributed by atoms with E-state index in [1.54, 1.807) is 0 Å². The Kier molecular flexibility index (Phi) is 8.74. The molecule has 2 saturated carbocycles. The van der Waals surface area contributed by atoms with Crippen LogP contribution in [-0.2, 0) is 6.42 Å². The molecule has 2 aliphatic rings. The summed E-state index contributed by atoms with van der Waals surface area (Å²) >= 11 is 0. The van der Waals surface area contributed by atoms with E-state index < -0.39 is 35.2 Å². The monoisotopic (exact) mass is 506 g/mol. The van der Waals surface area contributed by atoms with E-state index in [-0.39, 0.29) is 18.8 Å². The van der Waals surface area contributed by atoms with E-state index in [0.29, 0.717) is 36.8 Å². The Morgan fingerprint density at radius 3 is 1.86 bits per heavy atom. The lowest BCUT2D eigenvalue weighted by molar-refractivity contribution is -0.223. The van der Waals surface area contributed by atoms with Crippen molar-refractivity contribution in [2.24, 2.45) is 17.8 Å². The summed E-state index contributed by atoms with van der Waals surface area (Å²) in [6.45, 7) is 2.20. The molecule has 4 rings (SSSR count). The van der Waals surface area contributed by atoms with Gasteiger partial charge in [0.2, 0.25) is 0 Å². The topological polar surface area (TPSA) is 9.23 Å². The zero-order valence-corrected chi connectivity index (χ0v) is 20.8. The minimum absolute atomic E-state index is 0.251. The van der Waals surface area contributed by atoms with Gasteiger partial charge in [0.25, 0.3) is 0 Å². The molecule has 0 amide bonds. The van der Waals surface area contributed by atoms with Crippen LogP contribution in [0.5, 0.6) is 5.75 Å². The number of allylic oxidation sites excluding steroid dienone is 2. The normalized spacial score (nSPS) is 25.3. The van der Waals surface area contributed by atoms with Crippen LogP contribution in [0.1, 0.15) is 81.8 Å². The van der Waals surface area contributed by atoms with Crippen LogP contribution in [-0.4, -0.2) is 6.11 Å². The zero-order valence-electron chi connectivity index (χ0n) is 20.8. The molecule has 0 aromatic heterocycles. The van der Waals surface area contributed by atoms with Gasteiger partial charge in [-0.15, -0.1) is 0 Å². The van der Waals surface area contributed by atoms with Gasteiger partial charge >= 0.3 is 6.11 Å². The highest BCUT2D eigenvalue weighted by molar-refractivity contribution is 5.26. The maximum Gasteiger partial charge on any atom is 0.400 e. The first-order valence-electron chi connectivity index (χ1n) is 13.2. The quantitative estimate of drug-likeness (QED) is 0.197. The highest BCUT2D eigenvalue weighted by Crippen LogP contribution is 2.42. The fourth-order valence-electron chi connectivity index (χ4n) is 5.68. The Hall–Kier alpha value is -2.37. The van der Waals surface area contributed by atoms with E-state index in [2.05, 4.69) is 48.1 Å². The number of alkyl halides is 2. The number of ether oxygens (including phenoxy) is 1. The molecule has 0 bridgehead atoms. The first kappa shape index (κ1) is 26.7. The van der Waals surface area contributed by atoms with E-state index in [4.69, 9.17) is 0 Å². The minimum Gasteiger partial charge on any atom is -0.432 e. The van der Waals surface area contributed by atoms with Crippen molar-refractivity contribution >= 4 is 0 Å². The Labute approximate surface area is 210 Å². The number of hydrogen-bond donors (Lipinski definition) is 0. The van der Waals surface area contributed by atoms with Gasteiger partial charge in [-0.3, -0.25) is 0 Å². The van der Waals surface area contributed by atoms with Gasteiger partial charge in [-0.1, -0.05) is 49.8 Å². The predicted molar refractivity (Wildman–Crippen MR) is 132 cm³/mol. The highest BCUT2D eigenvalue weighted by atomic mass is 19.3. The average Bonchev–Trinajstić information content (AvgIpc) is 2.87. The largest absolute Gasteiger partial charge is 0.432 e. The lowest BCUT2D eigenvalue weighted by Gasteiger charge is -2.32. The van der Waals surface area contributed by atoms with Crippen LogP contribution in [0.25, 0.3) is 0 Å². The van der Waals surface area contributed by atoms with Crippen molar-refractivity contribution < 1.29 is 26.7 Å². The van der Waals surface area contributed by atoms with Gasteiger partial charge in [0.1, 0.15) is 5.75 Å². The second-order valence-corrected chi connectivity index (χ2v) is 10.5. The lowest BCUT2D eigenvalue weighted by atomic mass is 9.77. The van der Waals surface area contributed by atoms with E-state index >= 15 is 0 Å². The van der Waals surface area contributed by atoms with Crippen LogP contribution in [0.4, 0.5) is 22.0 Å². The number of halogens is 5. The van der Waals surface area contributed by atoms with Crippen molar-refractivity contribution in [3.8, 4) is 5.75 Å². The molecule has 2 aliphatic carbocycles. The van der Waals surface area contributed by atoms with Gasteiger partial charge in [0.15, 0.2) is 17.5 Å². The molecule has 2 fully saturated rings. The maximum absolute atomic E-state index is 14.6. The summed E-state index contributed by atoms with van der Waals surface area (Å²) in [5, 5.41) is 0. The molecule has 1 nitrogen and oxygen atoms in total. The summed E-state index contributed by atoms with van der Waals surface area (Å²) in [7, 11) is 0. The highest BCUT2D eigenvalue weighted by Gasteiger charge is 2.44. The van der Waals surface area contributed by atoms with Crippen LogP contribution < -0.4 is 4.74 Å². The average molecular weight is 507 g/mol. The zero-order chi connectivity index (χ0) is 25.7. The number of benzene rings is 2. The van der Waals surface area contributed by atoms with E-state index in [9.17, 15) is 22.0 Å². The van der Waals surface area contributed by atoms with Crippen LogP contribution in [0.15, 0.2) is 48.6 Å². The smallest absolute Gasteiger partial charge is 0.400 e. The third-order valence-corrected chi connectivity index (χ3v) is 7.88. The summed E-state index contributed by atoms with van der Waals surface area (Å²) in [6, 6.07) is 9.99. The third-order valence-electron chi connectivity index (χ3n) is 7.88. The van der Waals surface area contributed by atoms with E-state index in [1.165, 1.54) is 24.0 Å². The molecule has 0 N–H and O–H groups in total. The third kappa shape index (κ3) is 6.68. The standard InChI is InChI=1S/C30H35F5O/c1-2-3-20-6-12-23(13-7-20)24-14-8-21(9-15-24)4-5-22-10-16-25(17-11-22)30(34,35)36-26-18-27(31)29(33)28(32)19-26/h4-7,12-13,18-19,21-22,24-25H,2-3,8-11,14-17H2,1H3/b5-4+. The van der Waals surface area contributed by atoms with Crippen molar-refractivity contribution in [3.63, 3.8) is 0 Å². The van der Waals surface area contributed by atoms with Crippen LogP contribution >= 0.6 is 0 Å². The van der Waals surface area contributed by atoms with Crippen molar-refractivity contribution in [2.75, 3.05) is 0 Å². The van der Waals surface area contributed by atoms with Gasteiger partial charge < -0.3 is 4.74 Å². The molecule has 2 aromatic rings. The number of aryl methyl sites for hydroxylation is 1. The fourth-order valence-corrected chi connectivity index (χ4v) is 5.68. The second kappa shape index (κ2) is 11.8. The minimum atomic E-state index is -3.57. The van der Waals surface area contributed by atoms with E-state index in [0.717, 1.165) is 25.7 Å². The molecule has 0 saturated heterocycles. The Morgan fingerprint density at radius 1 is 0.806 bits per heavy atom. The van der Waals surface area contributed by atoms with Crippen LogP contribution in [0.2, 0.25) is 0 Å². The molecule has 0 radical (unpaired) electrons. The molecule has 0 spiro atoms. The summed E-state index contributed by atoms with van der Waals surface area (Å²) < 4.78 is 73.6. The SMILES string of the molecule is CCCc1ccc(C2CCC(/C=C/C3CCC(C(F)(F)Oc4cc(F)c(F)c(F)c4)CC3)CC2)cc1.